The maximum Gasteiger partial charge on any atom is 0.155 e. The van der Waals surface area contributed by atoms with Crippen molar-refractivity contribution in [3.05, 3.63) is 89.8 Å². The Morgan fingerprint density at radius 3 is 2.91 bits per heavy atom. The summed E-state index contributed by atoms with van der Waals surface area (Å²) in [6.45, 7) is 2.01. The highest BCUT2D eigenvalue weighted by Gasteiger charge is 2.23. The number of rotatable bonds is 5. The van der Waals surface area contributed by atoms with Crippen LogP contribution in [-0.2, 0) is 12.8 Å². The number of aromatic nitrogens is 6. The molecule has 0 radical (unpaired) electrons. The number of aryl methyl sites for hydroxylation is 3. The molecule has 0 saturated heterocycles. The molecule has 4 heterocycles. The van der Waals surface area contributed by atoms with Crippen LogP contribution in [0.2, 0.25) is 0 Å². The molecule has 0 saturated carbocycles. The number of hydrogen-bond donors (Lipinski definition) is 1. The van der Waals surface area contributed by atoms with E-state index in [0.717, 1.165) is 52.7 Å². The van der Waals surface area contributed by atoms with Gasteiger partial charge in [0.2, 0.25) is 0 Å². The number of benzene rings is 1. The Bertz CT molecular complexity index is 1410. The van der Waals surface area contributed by atoms with Gasteiger partial charge in [-0.05, 0) is 67.5 Å². The lowest BCUT2D eigenvalue weighted by Gasteiger charge is -2.10. The largest absolute Gasteiger partial charge is 0.340 e. The van der Waals surface area contributed by atoms with Gasteiger partial charge in [0.1, 0.15) is 12.2 Å². The van der Waals surface area contributed by atoms with Gasteiger partial charge in [0.15, 0.2) is 5.65 Å². The van der Waals surface area contributed by atoms with Crippen molar-refractivity contribution in [2.45, 2.75) is 38.5 Å². The Kier molecular flexibility index (Phi) is 4.56. The predicted molar refractivity (Wildman–Crippen MR) is 124 cm³/mol. The Morgan fingerprint density at radius 2 is 1.97 bits per heavy atom. The van der Waals surface area contributed by atoms with Gasteiger partial charge in [0, 0.05) is 23.9 Å². The van der Waals surface area contributed by atoms with E-state index in [1.165, 1.54) is 24.0 Å². The molecule has 1 atom stereocenters. The number of H-pyrrole nitrogens is 1. The zero-order valence-electron chi connectivity index (χ0n) is 18.0. The Hall–Kier alpha value is -3.80. The molecule has 4 aromatic heterocycles. The lowest BCUT2D eigenvalue weighted by atomic mass is 9.96. The molecule has 1 aliphatic carbocycles. The summed E-state index contributed by atoms with van der Waals surface area (Å²) in [5, 5.41) is 4.29. The SMILES string of the molecule is Cc1cccc(-c2[nH]c(CCC3CCc4ccccc43)nc2-c2ccc3ncnn3c2)n1. The standard InChI is InChI=1S/C26H24N6/c1-17-5-4-8-22(29-17)26-25(20-12-14-24-27-16-28-32(24)15-20)30-23(31-26)13-11-19-10-9-18-6-2-3-7-21(18)19/h2-8,12,14-16,19H,9-11,13H2,1H3,(H,30,31). The molecule has 0 aliphatic heterocycles. The molecule has 0 spiro atoms. The van der Waals surface area contributed by atoms with Gasteiger partial charge in [-0.3, -0.25) is 4.98 Å². The number of pyridine rings is 2. The predicted octanol–water partition coefficient (Wildman–Crippen LogP) is 5.15. The van der Waals surface area contributed by atoms with Crippen LogP contribution in [0, 0.1) is 6.92 Å². The zero-order chi connectivity index (χ0) is 21.5. The van der Waals surface area contributed by atoms with Crippen LogP contribution in [0.5, 0.6) is 0 Å². The normalized spacial score (nSPS) is 15.3. The Morgan fingerprint density at radius 1 is 1.03 bits per heavy atom. The minimum Gasteiger partial charge on any atom is -0.340 e. The van der Waals surface area contributed by atoms with Crippen molar-refractivity contribution in [1.82, 2.24) is 29.5 Å². The number of nitrogens with one attached hydrogen (secondary N) is 1. The summed E-state index contributed by atoms with van der Waals surface area (Å²) in [7, 11) is 0. The second-order valence-corrected chi connectivity index (χ2v) is 8.52. The van der Waals surface area contributed by atoms with E-state index in [9.17, 15) is 0 Å². The van der Waals surface area contributed by atoms with Crippen molar-refractivity contribution in [2.75, 3.05) is 0 Å². The molecule has 6 heteroatoms. The summed E-state index contributed by atoms with van der Waals surface area (Å²) in [5.74, 6) is 1.60. The van der Waals surface area contributed by atoms with Gasteiger partial charge in [0.25, 0.3) is 0 Å². The van der Waals surface area contributed by atoms with Gasteiger partial charge >= 0.3 is 0 Å². The first-order valence-electron chi connectivity index (χ1n) is 11.1. The van der Waals surface area contributed by atoms with Crippen molar-refractivity contribution in [3.8, 4) is 22.6 Å². The van der Waals surface area contributed by atoms with Gasteiger partial charge in [-0.25, -0.2) is 14.5 Å². The van der Waals surface area contributed by atoms with E-state index in [1.54, 1.807) is 10.8 Å². The molecule has 0 amide bonds. The first-order valence-corrected chi connectivity index (χ1v) is 11.1. The molecule has 1 N–H and O–H groups in total. The highest BCUT2D eigenvalue weighted by atomic mass is 15.3. The van der Waals surface area contributed by atoms with Crippen molar-refractivity contribution >= 4 is 5.65 Å². The molecule has 5 aromatic rings. The van der Waals surface area contributed by atoms with Crippen LogP contribution >= 0.6 is 0 Å². The second-order valence-electron chi connectivity index (χ2n) is 8.52. The number of fused-ring (bicyclic) bond motifs is 2. The van der Waals surface area contributed by atoms with E-state index in [-0.39, 0.29) is 0 Å². The number of imidazole rings is 1. The van der Waals surface area contributed by atoms with Crippen molar-refractivity contribution < 1.29 is 0 Å². The van der Waals surface area contributed by atoms with Crippen LogP contribution in [0.1, 0.15) is 41.4 Å². The molecule has 1 aromatic carbocycles. The fourth-order valence-corrected chi connectivity index (χ4v) is 4.83. The molecular weight excluding hydrogens is 396 g/mol. The summed E-state index contributed by atoms with van der Waals surface area (Å²) in [6, 6.07) is 19.0. The molecular formula is C26H24N6. The lowest BCUT2D eigenvalue weighted by Crippen LogP contribution is -1.98. The van der Waals surface area contributed by atoms with E-state index in [1.807, 2.05) is 37.4 Å². The first kappa shape index (κ1) is 18.9. The molecule has 1 aliphatic rings. The molecule has 32 heavy (non-hydrogen) atoms. The maximum atomic E-state index is 5.04. The fraction of sp³-hybridized carbons (Fsp3) is 0.231. The van der Waals surface area contributed by atoms with Crippen LogP contribution in [0.3, 0.4) is 0 Å². The van der Waals surface area contributed by atoms with Gasteiger partial charge < -0.3 is 4.98 Å². The van der Waals surface area contributed by atoms with Crippen LogP contribution in [0.25, 0.3) is 28.3 Å². The first-order chi connectivity index (χ1) is 15.7. The topological polar surface area (TPSA) is 71.8 Å². The molecule has 6 rings (SSSR count). The highest BCUT2D eigenvalue weighted by Crippen LogP contribution is 2.36. The Balaban J connectivity index is 1.36. The van der Waals surface area contributed by atoms with Crippen molar-refractivity contribution in [1.29, 1.82) is 0 Å². The third-order valence-electron chi connectivity index (χ3n) is 6.43. The van der Waals surface area contributed by atoms with Crippen LogP contribution in [0.4, 0.5) is 0 Å². The third kappa shape index (κ3) is 3.38. The minimum absolute atomic E-state index is 0.604. The van der Waals surface area contributed by atoms with E-state index in [4.69, 9.17) is 9.97 Å². The molecule has 158 valence electrons. The quantitative estimate of drug-likeness (QED) is 0.427. The van der Waals surface area contributed by atoms with E-state index in [0.29, 0.717) is 5.92 Å². The Labute approximate surface area is 186 Å². The summed E-state index contributed by atoms with van der Waals surface area (Å²) < 4.78 is 1.78. The smallest absolute Gasteiger partial charge is 0.155 e. The van der Waals surface area contributed by atoms with Gasteiger partial charge in [-0.15, -0.1) is 0 Å². The van der Waals surface area contributed by atoms with Crippen LogP contribution in [-0.4, -0.2) is 29.5 Å². The fourth-order valence-electron chi connectivity index (χ4n) is 4.83. The van der Waals surface area contributed by atoms with Crippen LogP contribution < -0.4 is 0 Å². The van der Waals surface area contributed by atoms with Gasteiger partial charge in [-0.1, -0.05) is 30.3 Å². The molecule has 6 nitrogen and oxygen atoms in total. The van der Waals surface area contributed by atoms with E-state index < -0.39 is 0 Å². The highest BCUT2D eigenvalue weighted by molar-refractivity contribution is 5.77. The van der Waals surface area contributed by atoms with Gasteiger partial charge in [-0.2, -0.15) is 5.10 Å². The van der Waals surface area contributed by atoms with E-state index >= 15 is 0 Å². The number of aromatic amines is 1. The summed E-state index contributed by atoms with van der Waals surface area (Å²) in [5.41, 5.74) is 8.58. The van der Waals surface area contributed by atoms with Crippen LogP contribution in [0.15, 0.2) is 67.1 Å². The molecule has 0 bridgehead atoms. The van der Waals surface area contributed by atoms with E-state index in [2.05, 4.69) is 45.4 Å². The van der Waals surface area contributed by atoms with Gasteiger partial charge in [0.05, 0.1) is 17.1 Å². The minimum atomic E-state index is 0.604. The second kappa shape index (κ2) is 7.71. The monoisotopic (exact) mass is 420 g/mol. The summed E-state index contributed by atoms with van der Waals surface area (Å²) in [6.07, 6.45) is 7.95. The summed E-state index contributed by atoms with van der Waals surface area (Å²) in [4.78, 5) is 17.6. The number of hydrogen-bond acceptors (Lipinski definition) is 4. The maximum absolute atomic E-state index is 5.04. The number of nitrogens with zero attached hydrogens (tertiary/aromatic N) is 5. The lowest BCUT2D eigenvalue weighted by molar-refractivity contribution is 0.608. The third-order valence-corrected chi connectivity index (χ3v) is 6.43. The summed E-state index contributed by atoms with van der Waals surface area (Å²) >= 11 is 0. The average Bonchev–Trinajstić information content (AvgIpc) is 3.55. The zero-order valence-corrected chi connectivity index (χ0v) is 18.0. The van der Waals surface area contributed by atoms with Crippen molar-refractivity contribution in [3.63, 3.8) is 0 Å². The molecule has 0 fully saturated rings. The van der Waals surface area contributed by atoms with Crippen molar-refractivity contribution in [2.24, 2.45) is 0 Å². The average molecular weight is 421 g/mol. The molecule has 1 unspecified atom stereocenters.